The van der Waals surface area contributed by atoms with Gasteiger partial charge >= 0.3 is 6.03 Å². The number of amides is 3. The molecule has 5 N–H and O–H groups in total. The molecule has 2 aromatic carbocycles. The van der Waals surface area contributed by atoms with Gasteiger partial charge in [-0.15, -0.1) is 11.3 Å². The first-order valence-electron chi connectivity index (χ1n) is 12.3. The van der Waals surface area contributed by atoms with Gasteiger partial charge in [0.15, 0.2) is 5.82 Å². The summed E-state index contributed by atoms with van der Waals surface area (Å²) in [7, 11) is 0. The summed E-state index contributed by atoms with van der Waals surface area (Å²) >= 11 is 1.40. The predicted octanol–water partition coefficient (Wildman–Crippen LogP) is 4.65. The number of urea groups is 1. The van der Waals surface area contributed by atoms with Gasteiger partial charge in [0.05, 0.1) is 18.8 Å². The number of para-hydroxylation sites is 1. The lowest BCUT2D eigenvalue weighted by Crippen LogP contribution is -2.43. The number of primary amides is 1. The van der Waals surface area contributed by atoms with Crippen molar-refractivity contribution in [3.05, 3.63) is 88.5 Å². The molecule has 0 fully saturated rings. The molecule has 1 aliphatic rings. The number of imidazole rings is 1. The molecule has 0 saturated carbocycles. The summed E-state index contributed by atoms with van der Waals surface area (Å²) in [5, 5.41) is 8.26. The molecule has 0 saturated heterocycles. The molecular formula is C27H21F2N9O2S. The third-order valence-corrected chi connectivity index (χ3v) is 7.35. The number of nitrogens with one attached hydrogen (secondary N) is 3. The number of aromatic amines is 1. The molecule has 0 spiro atoms. The Morgan fingerprint density at radius 1 is 1.15 bits per heavy atom. The highest BCUT2D eigenvalue weighted by atomic mass is 32.1. The highest BCUT2D eigenvalue weighted by molar-refractivity contribution is 7.13. The van der Waals surface area contributed by atoms with Crippen LogP contribution in [0.3, 0.4) is 0 Å². The van der Waals surface area contributed by atoms with Gasteiger partial charge in [0.25, 0.3) is 0 Å². The first-order valence-corrected chi connectivity index (χ1v) is 13.2. The summed E-state index contributed by atoms with van der Waals surface area (Å²) in [6.45, 7) is 1.99. The minimum atomic E-state index is -0.951. The number of nitrogens with zero attached hydrogens (tertiary/aromatic N) is 5. The quantitative estimate of drug-likeness (QED) is 0.221. The first kappa shape index (κ1) is 26.0. The van der Waals surface area contributed by atoms with E-state index in [9.17, 15) is 18.4 Å². The topological polar surface area (TPSA) is 155 Å². The lowest BCUT2D eigenvalue weighted by atomic mass is 9.97. The third kappa shape index (κ3) is 4.84. The highest BCUT2D eigenvalue weighted by Crippen LogP contribution is 2.41. The van der Waals surface area contributed by atoms with Gasteiger partial charge < -0.3 is 21.4 Å². The number of fused-ring (bicyclic) bond motifs is 1. The van der Waals surface area contributed by atoms with E-state index in [0.29, 0.717) is 33.2 Å². The van der Waals surface area contributed by atoms with Crippen molar-refractivity contribution in [1.29, 1.82) is 0 Å². The smallest absolute Gasteiger partial charge is 0.328 e. The standard InChI is InChI=1S/C27H21F2N9O2S/c1-13-12-41-25(35-13)15-6-5-14(23(30)39)9-16(15)21-17-10-34-27(40)38(22-18(28)3-2-4-19(22)29)24(17)37-26(36-21)33-11-20-31-7-8-32-20/h2-9,12H,10-11H2,1H3,(H2,30,39)(H,31,32)(H,34,40)(H,33,36,37). The van der Waals surface area contributed by atoms with Crippen LogP contribution in [0.2, 0.25) is 0 Å². The molecule has 3 amide bonds. The Hall–Kier alpha value is -5.24. The van der Waals surface area contributed by atoms with Crippen molar-refractivity contribution < 1.29 is 18.4 Å². The molecule has 0 aliphatic carbocycles. The van der Waals surface area contributed by atoms with Gasteiger partial charge in [-0.3, -0.25) is 4.79 Å². The van der Waals surface area contributed by atoms with Crippen molar-refractivity contribution in [3.8, 4) is 21.8 Å². The summed E-state index contributed by atoms with van der Waals surface area (Å²) < 4.78 is 30.0. The normalized spacial score (nSPS) is 12.7. The maximum atomic E-state index is 15.0. The summed E-state index contributed by atoms with van der Waals surface area (Å²) in [6, 6.07) is 7.42. The summed E-state index contributed by atoms with van der Waals surface area (Å²) in [6.07, 6.45) is 3.24. The SMILES string of the molecule is Cc1csc(-c2ccc(C(N)=O)cc2-c2nc(NCc3ncc[nH]3)nc3c2CNC(=O)N3c2c(F)cccc2F)n1. The number of halogens is 2. The van der Waals surface area contributed by atoms with Gasteiger partial charge in [-0.2, -0.15) is 4.98 Å². The van der Waals surface area contributed by atoms with E-state index in [1.807, 2.05) is 12.3 Å². The molecule has 6 rings (SSSR count). The second-order valence-corrected chi connectivity index (χ2v) is 9.93. The molecule has 0 bridgehead atoms. The molecule has 11 nitrogen and oxygen atoms in total. The predicted molar refractivity (Wildman–Crippen MR) is 148 cm³/mol. The maximum Gasteiger partial charge on any atom is 0.328 e. The van der Waals surface area contributed by atoms with Crippen LogP contribution in [0, 0.1) is 18.6 Å². The van der Waals surface area contributed by atoms with Crippen LogP contribution in [-0.4, -0.2) is 36.9 Å². The minimum Gasteiger partial charge on any atom is -0.366 e. The van der Waals surface area contributed by atoms with Crippen LogP contribution in [0.15, 0.2) is 54.2 Å². The van der Waals surface area contributed by atoms with Crippen LogP contribution in [0.1, 0.15) is 27.4 Å². The lowest BCUT2D eigenvalue weighted by molar-refractivity contribution is 0.100. The first-order chi connectivity index (χ1) is 19.8. The molecule has 0 unspecified atom stereocenters. The van der Waals surface area contributed by atoms with Crippen molar-refractivity contribution >= 4 is 40.7 Å². The van der Waals surface area contributed by atoms with Crippen molar-refractivity contribution in [3.63, 3.8) is 0 Å². The van der Waals surface area contributed by atoms with E-state index in [0.717, 1.165) is 22.7 Å². The van der Waals surface area contributed by atoms with Crippen LogP contribution in [0.25, 0.3) is 21.8 Å². The number of H-pyrrole nitrogens is 1. The van der Waals surface area contributed by atoms with Crippen LogP contribution in [-0.2, 0) is 13.1 Å². The molecule has 4 heterocycles. The molecule has 206 valence electrons. The molecule has 3 aromatic heterocycles. The molecule has 1 aliphatic heterocycles. The highest BCUT2D eigenvalue weighted by Gasteiger charge is 2.34. The zero-order chi connectivity index (χ0) is 28.7. The maximum absolute atomic E-state index is 15.0. The van der Waals surface area contributed by atoms with Crippen LogP contribution < -0.4 is 21.3 Å². The number of anilines is 3. The third-order valence-electron chi connectivity index (χ3n) is 6.36. The average molecular weight is 574 g/mol. The Balaban J connectivity index is 1.61. The lowest BCUT2D eigenvalue weighted by Gasteiger charge is -2.31. The Morgan fingerprint density at radius 3 is 2.63 bits per heavy atom. The van der Waals surface area contributed by atoms with E-state index >= 15 is 0 Å². The second-order valence-electron chi connectivity index (χ2n) is 9.07. The fraction of sp³-hybridized carbons (Fsp3) is 0.111. The number of carbonyl (C=O) groups excluding carboxylic acids is 2. The van der Waals surface area contributed by atoms with Gasteiger partial charge in [-0.05, 0) is 31.2 Å². The molecule has 41 heavy (non-hydrogen) atoms. The van der Waals surface area contributed by atoms with E-state index in [1.54, 1.807) is 30.6 Å². The minimum absolute atomic E-state index is 0.0320. The van der Waals surface area contributed by atoms with E-state index in [-0.39, 0.29) is 30.4 Å². The Bertz CT molecular complexity index is 1790. The van der Waals surface area contributed by atoms with Gasteiger partial charge in [-0.25, -0.2) is 33.4 Å². The Morgan fingerprint density at radius 2 is 1.95 bits per heavy atom. The zero-order valence-electron chi connectivity index (χ0n) is 21.4. The van der Waals surface area contributed by atoms with Gasteiger partial charge in [0, 0.05) is 45.7 Å². The van der Waals surface area contributed by atoms with Crippen LogP contribution in [0.5, 0.6) is 0 Å². The molecule has 14 heteroatoms. The number of carbonyl (C=O) groups is 2. The van der Waals surface area contributed by atoms with Gasteiger partial charge in [-0.1, -0.05) is 12.1 Å². The Labute approximate surface area is 235 Å². The van der Waals surface area contributed by atoms with Crippen LogP contribution in [0.4, 0.5) is 31.0 Å². The largest absolute Gasteiger partial charge is 0.366 e. The van der Waals surface area contributed by atoms with E-state index in [4.69, 9.17) is 10.7 Å². The number of hydrogen-bond acceptors (Lipinski definition) is 8. The number of rotatable bonds is 7. The van der Waals surface area contributed by atoms with Crippen molar-refractivity contribution in [2.75, 3.05) is 10.2 Å². The summed E-state index contributed by atoms with van der Waals surface area (Å²) in [5.74, 6) is -1.96. The number of nitrogens with two attached hydrogens (primary N) is 1. The summed E-state index contributed by atoms with van der Waals surface area (Å²) in [5.41, 5.74) is 7.84. The fourth-order valence-corrected chi connectivity index (χ4v) is 5.32. The zero-order valence-corrected chi connectivity index (χ0v) is 22.2. The second kappa shape index (κ2) is 10.4. The van der Waals surface area contributed by atoms with Gasteiger partial charge in [0.1, 0.15) is 28.2 Å². The molecule has 0 radical (unpaired) electrons. The number of benzene rings is 2. The van der Waals surface area contributed by atoms with E-state index in [2.05, 4.69) is 30.6 Å². The number of thiazole rings is 1. The van der Waals surface area contributed by atoms with E-state index in [1.165, 1.54) is 17.4 Å². The van der Waals surface area contributed by atoms with Crippen LogP contribution >= 0.6 is 11.3 Å². The number of aryl methyl sites for hydroxylation is 1. The van der Waals surface area contributed by atoms with Gasteiger partial charge in [0.2, 0.25) is 11.9 Å². The fourth-order valence-electron chi connectivity index (χ4n) is 4.49. The van der Waals surface area contributed by atoms with E-state index < -0.39 is 29.3 Å². The average Bonchev–Trinajstić information content (AvgIpc) is 3.64. The summed E-state index contributed by atoms with van der Waals surface area (Å²) in [4.78, 5) is 47.1. The number of hydrogen-bond donors (Lipinski definition) is 4. The molecular weight excluding hydrogens is 552 g/mol. The molecule has 0 atom stereocenters. The monoisotopic (exact) mass is 573 g/mol. The Kier molecular flexibility index (Phi) is 6.59. The number of aromatic nitrogens is 5. The van der Waals surface area contributed by atoms with Crippen molar-refractivity contribution in [2.24, 2.45) is 5.73 Å². The molecule has 5 aromatic rings. The van der Waals surface area contributed by atoms with Crippen molar-refractivity contribution in [1.82, 2.24) is 30.2 Å². The van der Waals surface area contributed by atoms with Crippen molar-refractivity contribution in [2.45, 2.75) is 20.0 Å².